The normalized spacial score (nSPS) is 36.3. The van der Waals surface area contributed by atoms with Gasteiger partial charge in [-0.05, 0) is 73.8 Å². The standard InChI is InChI=1S/C19H22ClNS/c20-17-3-1-2-15-7-16(22-18(15)17)11-21-19-8-12-4-13(9-19)6-14(5-12)10-19/h1-3,7,12-14,21H,4-6,8-11H2. The van der Waals surface area contributed by atoms with Crippen molar-refractivity contribution in [2.45, 2.75) is 50.6 Å². The van der Waals surface area contributed by atoms with Crippen LogP contribution in [0.4, 0.5) is 0 Å². The molecule has 2 aromatic rings. The summed E-state index contributed by atoms with van der Waals surface area (Å²) in [6.45, 7) is 1.02. The Balaban J connectivity index is 1.37. The first-order chi connectivity index (χ1) is 10.7. The Hall–Kier alpha value is -0.570. The Morgan fingerprint density at radius 2 is 1.77 bits per heavy atom. The fraction of sp³-hybridized carbons (Fsp3) is 0.579. The van der Waals surface area contributed by atoms with E-state index in [0.717, 1.165) is 29.3 Å². The van der Waals surface area contributed by atoms with Crippen molar-refractivity contribution in [3.05, 3.63) is 34.2 Å². The topological polar surface area (TPSA) is 12.0 Å². The first-order valence-corrected chi connectivity index (χ1v) is 9.81. The summed E-state index contributed by atoms with van der Waals surface area (Å²) in [5.41, 5.74) is 0.453. The average Bonchev–Trinajstić information content (AvgIpc) is 2.88. The van der Waals surface area contributed by atoms with Crippen molar-refractivity contribution in [3.63, 3.8) is 0 Å². The highest BCUT2D eigenvalue weighted by Gasteiger charge is 2.50. The van der Waals surface area contributed by atoms with Gasteiger partial charge >= 0.3 is 0 Å². The molecule has 0 unspecified atom stereocenters. The van der Waals surface area contributed by atoms with E-state index in [4.69, 9.17) is 11.6 Å². The second-order valence-corrected chi connectivity index (χ2v) is 9.47. The van der Waals surface area contributed by atoms with E-state index < -0.39 is 0 Å². The first kappa shape index (κ1) is 13.8. The number of benzene rings is 1. The van der Waals surface area contributed by atoms with Crippen LogP contribution in [0.5, 0.6) is 0 Å². The minimum atomic E-state index is 0.453. The summed E-state index contributed by atoms with van der Waals surface area (Å²) < 4.78 is 1.24. The zero-order chi connectivity index (χ0) is 14.7. The third-order valence-electron chi connectivity index (χ3n) is 6.22. The van der Waals surface area contributed by atoms with Gasteiger partial charge in [0.2, 0.25) is 0 Å². The first-order valence-electron chi connectivity index (χ1n) is 8.61. The molecule has 0 amide bonds. The maximum Gasteiger partial charge on any atom is 0.0584 e. The Labute approximate surface area is 141 Å². The monoisotopic (exact) mass is 331 g/mol. The van der Waals surface area contributed by atoms with Gasteiger partial charge in [0.05, 0.1) is 9.72 Å². The molecule has 1 nitrogen and oxygen atoms in total. The van der Waals surface area contributed by atoms with Gasteiger partial charge in [0.15, 0.2) is 0 Å². The van der Waals surface area contributed by atoms with Gasteiger partial charge in [-0.25, -0.2) is 0 Å². The number of nitrogens with one attached hydrogen (secondary N) is 1. The van der Waals surface area contributed by atoms with Crippen molar-refractivity contribution >= 4 is 33.0 Å². The number of rotatable bonds is 3. The summed E-state index contributed by atoms with van der Waals surface area (Å²) in [5.74, 6) is 3.03. The quantitative estimate of drug-likeness (QED) is 0.770. The Morgan fingerprint density at radius 1 is 1.09 bits per heavy atom. The van der Waals surface area contributed by atoms with Crippen LogP contribution in [0.1, 0.15) is 43.4 Å². The molecular formula is C19H22ClNS. The predicted molar refractivity (Wildman–Crippen MR) is 94.6 cm³/mol. The number of hydrogen-bond donors (Lipinski definition) is 1. The Kier molecular flexibility index (Phi) is 3.12. The van der Waals surface area contributed by atoms with Gasteiger partial charge in [-0.2, -0.15) is 0 Å². The lowest BCUT2D eigenvalue weighted by Gasteiger charge is -2.57. The molecule has 1 N–H and O–H groups in total. The summed E-state index contributed by atoms with van der Waals surface area (Å²) >= 11 is 8.18. The number of thiophene rings is 1. The van der Waals surface area contributed by atoms with Gasteiger partial charge in [-0.1, -0.05) is 23.7 Å². The largest absolute Gasteiger partial charge is 0.306 e. The van der Waals surface area contributed by atoms with Crippen molar-refractivity contribution < 1.29 is 0 Å². The summed E-state index contributed by atoms with van der Waals surface area (Å²) in [6, 6.07) is 8.54. The zero-order valence-corrected chi connectivity index (χ0v) is 14.3. The maximum atomic E-state index is 6.32. The zero-order valence-electron chi connectivity index (χ0n) is 12.8. The molecule has 22 heavy (non-hydrogen) atoms. The van der Waals surface area contributed by atoms with Crippen LogP contribution in [0.25, 0.3) is 10.1 Å². The van der Waals surface area contributed by atoms with E-state index in [-0.39, 0.29) is 0 Å². The molecule has 1 aromatic heterocycles. The fourth-order valence-corrected chi connectivity index (χ4v) is 7.07. The van der Waals surface area contributed by atoms with E-state index in [2.05, 4.69) is 17.4 Å². The molecule has 0 aliphatic heterocycles. The lowest BCUT2D eigenvalue weighted by molar-refractivity contribution is -0.0204. The van der Waals surface area contributed by atoms with E-state index in [1.54, 1.807) is 0 Å². The van der Waals surface area contributed by atoms with Crippen molar-refractivity contribution in [3.8, 4) is 0 Å². The molecule has 0 radical (unpaired) electrons. The van der Waals surface area contributed by atoms with Crippen LogP contribution in [0.3, 0.4) is 0 Å². The molecule has 4 saturated carbocycles. The van der Waals surface area contributed by atoms with Gasteiger partial charge in [-0.15, -0.1) is 11.3 Å². The van der Waals surface area contributed by atoms with Crippen LogP contribution < -0.4 is 5.32 Å². The van der Waals surface area contributed by atoms with Crippen LogP contribution >= 0.6 is 22.9 Å². The van der Waals surface area contributed by atoms with Crippen molar-refractivity contribution in [1.29, 1.82) is 0 Å². The molecule has 0 spiro atoms. The molecule has 4 aliphatic carbocycles. The van der Waals surface area contributed by atoms with E-state index in [1.807, 2.05) is 23.5 Å². The summed E-state index contributed by atoms with van der Waals surface area (Å²) in [7, 11) is 0. The maximum absolute atomic E-state index is 6.32. The van der Waals surface area contributed by atoms with Gasteiger partial charge in [0.25, 0.3) is 0 Å². The molecule has 0 saturated heterocycles. The van der Waals surface area contributed by atoms with Crippen molar-refractivity contribution in [2.24, 2.45) is 17.8 Å². The summed E-state index contributed by atoms with van der Waals surface area (Å²) in [5, 5.41) is 6.17. The second kappa shape index (κ2) is 4.96. The highest BCUT2D eigenvalue weighted by atomic mass is 35.5. The molecular weight excluding hydrogens is 310 g/mol. The van der Waals surface area contributed by atoms with E-state index in [0.29, 0.717) is 5.54 Å². The van der Waals surface area contributed by atoms with Crippen LogP contribution in [-0.4, -0.2) is 5.54 Å². The third kappa shape index (κ3) is 2.23. The van der Waals surface area contributed by atoms with Crippen LogP contribution in [0, 0.1) is 17.8 Å². The minimum absolute atomic E-state index is 0.453. The number of halogens is 1. The summed E-state index contributed by atoms with van der Waals surface area (Å²) in [6.07, 6.45) is 8.80. The van der Waals surface area contributed by atoms with Crippen LogP contribution in [0.15, 0.2) is 24.3 Å². The molecule has 4 fully saturated rings. The van der Waals surface area contributed by atoms with E-state index >= 15 is 0 Å². The van der Waals surface area contributed by atoms with Crippen molar-refractivity contribution in [2.75, 3.05) is 0 Å². The van der Waals surface area contributed by atoms with Gasteiger partial charge < -0.3 is 5.32 Å². The molecule has 4 bridgehead atoms. The average molecular weight is 332 g/mol. The lowest BCUT2D eigenvalue weighted by atomic mass is 9.53. The fourth-order valence-electron chi connectivity index (χ4n) is 5.77. The van der Waals surface area contributed by atoms with Crippen LogP contribution in [0.2, 0.25) is 5.02 Å². The highest BCUT2D eigenvalue weighted by molar-refractivity contribution is 7.19. The van der Waals surface area contributed by atoms with Crippen molar-refractivity contribution in [1.82, 2.24) is 5.32 Å². The Morgan fingerprint density at radius 3 is 2.41 bits per heavy atom. The highest BCUT2D eigenvalue weighted by Crippen LogP contribution is 2.55. The SMILES string of the molecule is Clc1cccc2cc(CNC34CC5CC(CC(C5)C3)C4)sc12. The second-order valence-electron chi connectivity index (χ2n) is 7.92. The molecule has 1 aromatic carbocycles. The molecule has 0 atom stereocenters. The van der Waals surface area contributed by atoms with Gasteiger partial charge in [0, 0.05) is 17.0 Å². The molecule has 4 aliphatic rings. The molecule has 3 heteroatoms. The molecule has 1 heterocycles. The lowest BCUT2D eigenvalue weighted by Crippen LogP contribution is -2.58. The number of fused-ring (bicyclic) bond motifs is 1. The smallest absolute Gasteiger partial charge is 0.0584 e. The Bertz CT molecular complexity index is 684. The number of hydrogen-bond acceptors (Lipinski definition) is 2. The molecule has 116 valence electrons. The molecule has 6 rings (SSSR count). The van der Waals surface area contributed by atoms with Gasteiger partial charge in [-0.3, -0.25) is 0 Å². The third-order valence-corrected chi connectivity index (χ3v) is 7.83. The van der Waals surface area contributed by atoms with E-state index in [9.17, 15) is 0 Å². The minimum Gasteiger partial charge on any atom is -0.306 e. The van der Waals surface area contributed by atoms with Crippen LogP contribution in [-0.2, 0) is 6.54 Å². The summed E-state index contributed by atoms with van der Waals surface area (Å²) in [4.78, 5) is 1.43. The van der Waals surface area contributed by atoms with E-state index in [1.165, 1.54) is 53.5 Å². The van der Waals surface area contributed by atoms with Gasteiger partial charge in [0.1, 0.15) is 0 Å². The predicted octanol–water partition coefficient (Wildman–Crippen LogP) is 5.61.